The van der Waals surface area contributed by atoms with Gasteiger partial charge < -0.3 is 14.8 Å². The van der Waals surface area contributed by atoms with Gasteiger partial charge in [0.15, 0.2) is 11.5 Å². The third-order valence-corrected chi connectivity index (χ3v) is 5.14. The fourth-order valence-electron chi connectivity index (χ4n) is 3.76. The summed E-state index contributed by atoms with van der Waals surface area (Å²) in [6.45, 7) is 4.11. The molecule has 0 aliphatic carbocycles. The molecule has 27 heavy (non-hydrogen) atoms. The van der Waals surface area contributed by atoms with E-state index in [0.717, 1.165) is 42.0 Å². The predicted octanol–water partition coefficient (Wildman–Crippen LogP) is 3.68. The molecule has 0 radical (unpaired) electrons. The lowest BCUT2D eigenvalue weighted by atomic mass is 10.0. The molecular weight excluding hydrogens is 347 g/mol. The Morgan fingerprint density at radius 1 is 1.19 bits per heavy atom. The first-order valence-electron chi connectivity index (χ1n) is 9.30. The summed E-state index contributed by atoms with van der Waals surface area (Å²) in [6.07, 6.45) is 2.03. The third kappa shape index (κ3) is 3.90. The summed E-state index contributed by atoms with van der Waals surface area (Å²) in [5, 5.41) is 2.83. The minimum atomic E-state index is -0.355. The molecule has 142 valence electrons. The van der Waals surface area contributed by atoms with Crippen LogP contribution in [-0.4, -0.2) is 37.1 Å². The first-order valence-corrected chi connectivity index (χ1v) is 9.30. The van der Waals surface area contributed by atoms with Crippen LogP contribution in [-0.2, 0) is 4.79 Å². The van der Waals surface area contributed by atoms with Crippen LogP contribution in [0, 0.1) is 12.7 Å². The molecule has 1 fully saturated rings. The number of carbonyl (C=O) groups is 1. The van der Waals surface area contributed by atoms with Crippen LogP contribution < -0.4 is 14.8 Å². The number of hydrogen-bond donors (Lipinski definition) is 1. The number of aryl methyl sites for hydroxylation is 1. The number of hydrogen-bond acceptors (Lipinski definition) is 4. The number of likely N-dealkylation sites (tertiary alicyclic amines) is 1. The Hall–Kier alpha value is -2.60. The van der Waals surface area contributed by atoms with Crippen LogP contribution in [0.15, 0.2) is 36.4 Å². The lowest BCUT2D eigenvalue weighted by Gasteiger charge is -2.26. The Bertz CT molecular complexity index is 855. The van der Waals surface area contributed by atoms with Crippen LogP contribution in [0.5, 0.6) is 11.5 Å². The van der Waals surface area contributed by atoms with E-state index >= 15 is 0 Å². The molecule has 1 amide bonds. The maximum Gasteiger partial charge on any atom is 0.238 e. The molecular formula is C21H23FN2O3. The summed E-state index contributed by atoms with van der Waals surface area (Å²) in [7, 11) is 0. The van der Waals surface area contributed by atoms with Crippen molar-refractivity contribution in [3.05, 3.63) is 53.3 Å². The number of halogens is 1. The van der Waals surface area contributed by atoms with Crippen molar-refractivity contribution in [1.82, 2.24) is 4.90 Å². The van der Waals surface area contributed by atoms with E-state index < -0.39 is 0 Å². The van der Waals surface area contributed by atoms with Crippen molar-refractivity contribution in [3.63, 3.8) is 0 Å². The fourth-order valence-corrected chi connectivity index (χ4v) is 3.76. The Morgan fingerprint density at radius 2 is 2.00 bits per heavy atom. The number of nitrogens with zero attached hydrogens (tertiary/aromatic N) is 1. The third-order valence-electron chi connectivity index (χ3n) is 5.14. The van der Waals surface area contributed by atoms with Gasteiger partial charge in [0, 0.05) is 11.7 Å². The van der Waals surface area contributed by atoms with Crippen molar-refractivity contribution in [1.29, 1.82) is 0 Å². The van der Waals surface area contributed by atoms with Gasteiger partial charge in [-0.2, -0.15) is 0 Å². The highest BCUT2D eigenvalue weighted by Crippen LogP contribution is 2.37. The average Bonchev–Trinajstić information content (AvgIpc) is 3.12. The summed E-state index contributed by atoms with van der Waals surface area (Å²) in [6, 6.07) is 10.6. The van der Waals surface area contributed by atoms with Crippen LogP contribution in [0.4, 0.5) is 10.1 Å². The smallest absolute Gasteiger partial charge is 0.238 e. The van der Waals surface area contributed by atoms with Crippen LogP contribution in [0.3, 0.4) is 0 Å². The van der Waals surface area contributed by atoms with Gasteiger partial charge in [0.05, 0.1) is 6.54 Å². The highest BCUT2D eigenvalue weighted by atomic mass is 19.1. The molecule has 2 aliphatic heterocycles. The summed E-state index contributed by atoms with van der Waals surface area (Å²) in [5.74, 6) is 1.05. The molecule has 2 heterocycles. The second kappa shape index (κ2) is 7.56. The number of rotatable bonds is 4. The summed E-state index contributed by atoms with van der Waals surface area (Å²) in [4.78, 5) is 14.7. The first-order chi connectivity index (χ1) is 13.1. The van der Waals surface area contributed by atoms with E-state index in [4.69, 9.17) is 9.47 Å². The lowest BCUT2D eigenvalue weighted by molar-refractivity contribution is -0.117. The van der Waals surface area contributed by atoms with Crippen LogP contribution >= 0.6 is 0 Å². The normalized spacial score (nSPS) is 19.1. The fraction of sp³-hybridized carbons (Fsp3) is 0.381. The van der Waals surface area contributed by atoms with Gasteiger partial charge in [0.1, 0.15) is 19.0 Å². The Labute approximate surface area is 158 Å². The maximum atomic E-state index is 13.4. The first kappa shape index (κ1) is 17.8. The van der Waals surface area contributed by atoms with Crippen molar-refractivity contribution in [2.45, 2.75) is 25.8 Å². The molecule has 0 bridgehead atoms. The topological polar surface area (TPSA) is 50.8 Å². The second-order valence-corrected chi connectivity index (χ2v) is 7.04. The summed E-state index contributed by atoms with van der Waals surface area (Å²) < 4.78 is 24.7. The quantitative estimate of drug-likeness (QED) is 0.892. The van der Waals surface area contributed by atoms with E-state index in [1.54, 1.807) is 6.07 Å². The molecule has 1 saturated heterocycles. The molecule has 1 atom stereocenters. The SMILES string of the molecule is Cc1ccc(F)cc1NC(=O)CN1CCCC1c1ccc2c(c1)OCCO2. The molecule has 2 aromatic rings. The van der Waals surface area contributed by atoms with E-state index in [2.05, 4.69) is 10.2 Å². The van der Waals surface area contributed by atoms with Crippen molar-refractivity contribution in [2.24, 2.45) is 0 Å². The van der Waals surface area contributed by atoms with E-state index in [-0.39, 0.29) is 24.3 Å². The molecule has 4 rings (SSSR count). The van der Waals surface area contributed by atoms with Gasteiger partial charge >= 0.3 is 0 Å². The van der Waals surface area contributed by atoms with Crippen LogP contribution in [0.1, 0.15) is 30.0 Å². The molecule has 6 heteroatoms. The highest BCUT2D eigenvalue weighted by molar-refractivity contribution is 5.93. The molecule has 0 spiro atoms. The van der Waals surface area contributed by atoms with Crippen LogP contribution in [0.2, 0.25) is 0 Å². The standard InChI is InChI=1S/C21H23FN2O3/c1-14-4-6-16(22)12-17(14)23-21(25)13-24-8-2-3-18(24)15-5-7-19-20(11-15)27-10-9-26-19/h4-7,11-12,18H,2-3,8-10,13H2,1H3,(H,23,25). The van der Waals surface area contributed by atoms with Gasteiger partial charge in [-0.3, -0.25) is 9.69 Å². The molecule has 2 aromatic carbocycles. The number of nitrogens with one attached hydrogen (secondary N) is 1. The molecule has 1 N–H and O–H groups in total. The predicted molar refractivity (Wildman–Crippen MR) is 101 cm³/mol. The largest absolute Gasteiger partial charge is 0.486 e. The second-order valence-electron chi connectivity index (χ2n) is 7.04. The van der Waals surface area contributed by atoms with E-state index in [1.165, 1.54) is 12.1 Å². The monoisotopic (exact) mass is 370 g/mol. The molecule has 5 nitrogen and oxygen atoms in total. The zero-order valence-electron chi connectivity index (χ0n) is 15.3. The zero-order chi connectivity index (χ0) is 18.8. The van der Waals surface area contributed by atoms with Crippen molar-refractivity contribution in [3.8, 4) is 11.5 Å². The number of carbonyl (C=O) groups excluding carboxylic acids is 1. The van der Waals surface area contributed by atoms with Gasteiger partial charge in [-0.25, -0.2) is 4.39 Å². The Kier molecular flexibility index (Phi) is 4.99. The minimum Gasteiger partial charge on any atom is -0.486 e. The van der Waals surface area contributed by atoms with Crippen molar-refractivity contribution < 1.29 is 18.7 Å². The zero-order valence-corrected chi connectivity index (χ0v) is 15.3. The number of amides is 1. The van der Waals surface area contributed by atoms with E-state index in [0.29, 0.717) is 18.9 Å². The highest BCUT2D eigenvalue weighted by Gasteiger charge is 2.28. The average molecular weight is 370 g/mol. The van der Waals surface area contributed by atoms with Gasteiger partial charge in [-0.05, 0) is 61.7 Å². The maximum absolute atomic E-state index is 13.4. The van der Waals surface area contributed by atoms with Crippen molar-refractivity contribution >= 4 is 11.6 Å². The Morgan fingerprint density at radius 3 is 2.85 bits per heavy atom. The van der Waals surface area contributed by atoms with Gasteiger partial charge in [0.2, 0.25) is 5.91 Å². The number of anilines is 1. The van der Waals surface area contributed by atoms with Crippen LogP contribution in [0.25, 0.3) is 0 Å². The Balaban J connectivity index is 1.45. The molecule has 2 aliphatic rings. The number of fused-ring (bicyclic) bond motifs is 1. The molecule has 0 aromatic heterocycles. The van der Waals surface area contributed by atoms with Gasteiger partial charge in [0.25, 0.3) is 0 Å². The van der Waals surface area contributed by atoms with E-state index in [9.17, 15) is 9.18 Å². The molecule has 0 saturated carbocycles. The minimum absolute atomic E-state index is 0.131. The number of benzene rings is 2. The van der Waals surface area contributed by atoms with E-state index in [1.807, 2.05) is 25.1 Å². The van der Waals surface area contributed by atoms with Gasteiger partial charge in [-0.1, -0.05) is 12.1 Å². The lowest BCUT2D eigenvalue weighted by Crippen LogP contribution is -2.33. The molecule has 1 unspecified atom stereocenters. The van der Waals surface area contributed by atoms with Gasteiger partial charge in [-0.15, -0.1) is 0 Å². The summed E-state index contributed by atoms with van der Waals surface area (Å²) >= 11 is 0. The summed E-state index contributed by atoms with van der Waals surface area (Å²) in [5.41, 5.74) is 2.50. The van der Waals surface area contributed by atoms with Crippen molar-refractivity contribution in [2.75, 3.05) is 31.6 Å². The number of ether oxygens (including phenoxy) is 2.